The third-order valence-corrected chi connectivity index (χ3v) is 5.56. The number of nitrogens with zero attached hydrogens (tertiary/aromatic N) is 3. The van der Waals surface area contributed by atoms with Gasteiger partial charge in [0, 0.05) is 37.6 Å². The van der Waals surface area contributed by atoms with Crippen LogP contribution in [-0.2, 0) is 16.0 Å². The molecule has 7 nitrogen and oxygen atoms in total. The fourth-order valence-corrected chi connectivity index (χ4v) is 3.78. The third-order valence-electron chi connectivity index (χ3n) is 5.56. The summed E-state index contributed by atoms with van der Waals surface area (Å²) < 4.78 is 5.21. The van der Waals surface area contributed by atoms with Gasteiger partial charge in [0.15, 0.2) is 0 Å². The topological polar surface area (TPSA) is 65.1 Å². The van der Waals surface area contributed by atoms with Gasteiger partial charge >= 0.3 is 0 Å². The number of para-hydroxylation sites is 1. The first-order valence-corrected chi connectivity index (χ1v) is 10.7. The Morgan fingerprint density at radius 2 is 1.68 bits per heavy atom. The molecule has 0 saturated carbocycles. The van der Waals surface area contributed by atoms with Gasteiger partial charge in [0.05, 0.1) is 20.2 Å². The molecule has 1 saturated heterocycles. The van der Waals surface area contributed by atoms with Crippen molar-refractivity contribution in [1.29, 1.82) is 0 Å². The molecule has 1 aliphatic heterocycles. The van der Waals surface area contributed by atoms with E-state index < -0.39 is 0 Å². The van der Waals surface area contributed by atoms with Crippen LogP contribution in [0.25, 0.3) is 0 Å². The van der Waals surface area contributed by atoms with Gasteiger partial charge in [-0.3, -0.25) is 14.5 Å². The summed E-state index contributed by atoms with van der Waals surface area (Å²) in [6, 6.07) is 15.8. The maximum absolute atomic E-state index is 12.7. The monoisotopic (exact) mass is 424 g/mol. The van der Waals surface area contributed by atoms with Crippen LogP contribution in [0.1, 0.15) is 12.5 Å². The Balaban J connectivity index is 1.44. The summed E-state index contributed by atoms with van der Waals surface area (Å²) in [6.45, 7) is 5.39. The van der Waals surface area contributed by atoms with E-state index in [0.29, 0.717) is 13.1 Å². The number of carbonyl (C=O) groups is 2. The van der Waals surface area contributed by atoms with Crippen LogP contribution in [0.4, 0.5) is 11.4 Å². The molecule has 3 rings (SSSR count). The lowest BCUT2D eigenvalue weighted by atomic mass is 10.1. The predicted octanol–water partition coefficient (Wildman–Crippen LogP) is 2.48. The Labute approximate surface area is 184 Å². The fourth-order valence-electron chi connectivity index (χ4n) is 3.78. The number of aryl methyl sites for hydroxylation is 1. The van der Waals surface area contributed by atoms with Crippen LogP contribution in [-0.4, -0.2) is 75.0 Å². The Kier molecular flexibility index (Phi) is 7.89. The Morgan fingerprint density at radius 3 is 2.32 bits per heavy atom. The molecule has 0 atom stereocenters. The molecule has 31 heavy (non-hydrogen) atoms. The number of likely N-dealkylation sites (N-methyl/N-ethyl adjacent to an activating group) is 1. The van der Waals surface area contributed by atoms with Gasteiger partial charge in [-0.15, -0.1) is 0 Å². The van der Waals surface area contributed by atoms with Crippen molar-refractivity contribution in [3.63, 3.8) is 0 Å². The molecule has 0 aromatic heterocycles. The summed E-state index contributed by atoms with van der Waals surface area (Å²) in [7, 11) is 3.46. The molecule has 0 spiro atoms. The molecular formula is C24H32N4O3. The largest absolute Gasteiger partial charge is 0.497 e. The van der Waals surface area contributed by atoms with Crippen molar-refractivity contribution >= 4 is 23.2 Å². The van der Waals surface area contributed by atoms with Crippen LogP contribution >= 0.6 is 0 Å². The van der Waals surface area contributed by atoms with Crippen LogP contribution in [0.5, 0.6) is 5.75 Å². The minimum Gasteiger partial charge on any atom is -0.497 e. The molecule has 0 bridgehead atoms. The molecular weight excluding hydrogens is 392 g/mol. The lowest BCUT2D eigenvalue weighted by Crippen LogP contribution is -2.51. The molecule has 0 aliphatic carbocycles. The first-order valence-electron chi connectivity index (χ1n) is 10.7. The molecule has 7 heteroatoms. The van der Waals surface area contributed by atoms with E-state index >= 15 is 0 Å². The lowest BCUT2D eigenvalue weighted by Gasteiger charge is -2.36. The van der Waals surface area contributed by atoms with Gasteiger partial charge in [-0.25, -0.2) is 0 Å². The number of benzene rings is 2. The molecule has 1 fully saturated rings. The fraction of sp³-hybridized carbons (Fsp3) is 0.417. The minimum atomic E-state index is -0.111. The number of hydrogen-bond donors (Lipinski definition) is 1. The average Bonchev–Trinajstić information content (AvgIpc) is 2.79. The Bertz CT molecular complexity index is 877. The molecule has 1 aliphatic rings. The SMILES string of the molecule is CCc1ccccc1NC(=O)CN(C)CC(=O)N1CCN(c2ccc(OC)cc2)CC1. The lowest BCUT2D eigenvalue weighted by molar-refractivity contribution is -0.132. The second-order valence-electron chi connectivity index (χ2n) is 7.80. The number of hydrogen-bond acceptors (Lipinski definition) is 5. The van der Waals surface area contributed by atoms with Crippen LogP contribution < -0.4 is 15.0 Å². The zero-order valence-corrected chi connectivity index (χ0v) is 18.6. The standard InChI is InChI=1S/C24H32N4O3/c1-4-19-7-5-6-8-22(19)25-23(29)17-26(2)18-24(30)28-15-13-27(14-16-28)20-9-11-21(31-3)12-10-20/h5-12H,4,13-18H2,1-3H3,(H,25,29). The first-order chi connectivity index (χ1) is 15.0. The van der Waals surface area contributed by atoms with E-state index in [2.05, 4.69) is 17.1 Å². The number of piperazine rings is 1. The highest BCUT2D eigenvalue weighted by Crippen LogP contribution is 2.20. The molecule has 1 N–H and O–H groups in total. The van der Waals surface area contributed by atoms with Gasteiger partial charge in [-0.2, -0.15) is 0 Å². The van der Waals surface area contributed by atoms with Crippen molar-refractivity contribution in [1.82, 2.24) is 9.80 Å². The van der Waals surface area contributed by atoms with Crippen LogP contribution in [0, 0.1) is 0 Å². The normalized spacial score (nSPS) is 13.9. The maximum Gasteiger partial charge on any atom is 0.238 e. The average molecular weight is 425 g/mol. The maximum atomic E-state index is 12.7. The second-order valence-corrected chi connectivity index (χ2v) is 7.80. The smallest absolute Gasteiger partial charge is 0.238 e. The van der Waals surface area contributed by atoms with Crippen LogP contribution in [0.2, 0.25) is 0 Å². The first kappa shape index (κ1) is 22.6. The van der Waals surface area contributed by atoms with Crippen molar-refractivity contribution in [2.24, 2.45) is 0 Å². The van der Waals surface area contributed by atoms with Crippen molar-refractivity contribution < 1.29 is 14.3 Å². The third kappa shape index (κ3) is 6.21. The van der Waals surface area contributed by atoms with Crippen molar-refractivity contribution in [3.05, 3.63) is 54.1 Å². The Hall–Kier alpha value is -3.06. The van der Waals surface area contributed by atoms with Gasteiger partial charge in [-0.1, -0.05) is 25.1 Å². The molecule has 166 valence electrons. The van der Waals surface area contributed by atoms with Gasteiger partial charge in [0.1, 0.15) is 5.75 Å². The van der Waals surface area contributed by atoms with Gasteiger partial charge in [0.2, 0.25) is 11.8 Å². The van der Waals surface area contributed by atoms with Crippen molar-refractivity contribution in [2.45, 2.75) is 13.3 Å². The Morgan fingerprint density at radius 1 is 1.00 bits per heavy atom. The van der Waals surface area contributed by atoms with Crippen molar-refractivity contribution in [2.75, 3.05) is 63.6 Å². The summed E-state index contributed by atoms with van der Waals surface area (Å²) in [5.74, 6) is 0.780. The van der Waals surface area contributed by atoms with Gasteiger partial charge in [-0.05, 0) is 49.4 Å². The molecule has 2 amide bonds. The molecule has 0 radical (unpaired) electrons. The van der Waals surface area contributed by atoms with E-state index in [1.807, 2.05) is 53.4 Å². The van der Waals surface area contributed by atoms with Crippen LogP contribution in [0.15, 0.2) is 48.5 Å². The number of carbonyl (C=O) groups excluding carboxylic acids is 2. The summed E-state index contributed by atoms with van der Waals surface area (Å²) >= 11 is 0. The number of methoxy groups -OCH3 is 1. The highest BCUT2D eigenvalue weighted by atomic mass is 16.5. The highest BCUT2D eigenvalue weighted by Gasteiger charge is 2.22. The van der Waals surface area contributed by atoms with E-state index in [0.717, 1.165) is 42.2 Å². The van der Waals surface area contributed by atoms with Gasteiger partial charge in [0.25, 0.3) is 0 Å². The molecule has 2 aromatic rings. The number of ether oxygens (including phenoxy) is 1. The second kappa shape index (κ2) is 10.8. The predicted molar refractivity (Wildman–Crippen MR) is 124 cm³/mol. The number of nitrogens with one attached hydrogen (secondary N) is 1. The summed E-state index contributed by atoms with van der Waals surface area (Å²) in [5, 5.41) is 2.96. The molecule has 1 heterocycles. The zero-order chi connectivity index (χ0) is 22.2. The van der Waals surface area contributed by atoms with E-state index in [9.17, 15) is 9.59 Å². The van der Waals surface area contributed by atoms with Gasteiger partial charge < -0.3 is 19.9 Å². The van der Waals surface area contributed by atoms with E-state index in [1.165, 1.54) is 0 Å². The number of amides is 2. The quantitative estimate of drug-likeness (QED) is 0.705. The molecule has 0 unspecified atom stereocenters. The highest BCUT2D eigenvalue weighted by molar-refractivity contribution is 5.93. The number of rotatable bonds is 8. The number of anilines is 2. The molecule has 2 aromatic carbocycles. The van der Waals surface area contributed by atoms with E-state index in [4.69, 9.17) is 4.74 Å². The minimum absolute atomic E-state index is 0.0543. The summed E-state index contributed by atoms with van der Waals surface area (Å²) in [6.07, 6.45) is 0.854. The van der Waals surface area contributed by atoms with Crippen LogP contribution in [0.3, 0.4) is 0 Å². The summed E-state index contributed by atoms with van der Waals surface area (Å²) in [5.41, 5.74) is 3.07. The zero-order valence-electron chi connectivity index (χ0n) is 18.6. The van der Waals surface area contributed by atoms with Crippen molar-refractivity contribution in [3.8, 4) is 5.75 Å². The summed E-state index contributed by atoms with van der Waals surface area (Å²) in [4.78, 5) is 31.0. The van der Waals surface area contributed by atoms with E-state index in [1.54, 1.807) is 19.1 Å². The van der Waals surface area contributed by atoms with E-state index in [-0.39, 0.29) is 24.9 Å².